The van der Waals surface area contributed by atoms with Gasteiger partial charge < -0.3 is 47.2 Å². The molecule has 0 aromatic heterocycles. The van der Waals surface area contributed by atoms with Gasteiger partial charge in [-0.15, -0.1) is 0 Å². The molecule has 5 unspecified atom stereocenters. The molecule has 166 valence electrons. The van der Waals surface area contributed by atoms with Gasteiger partial charge in [0.25, 0.3) is 0 Å². The van der Waals surface area contributed by atoms with Crippen LogP contribution < -0.4 is 21.7 Å². The van der Waals surface area contributed by atoms with Crippen LogP contribution in [0, 0.1) is 0 Å². The molecular weight excluding hydrogens is 396 g/mol. The summed E-state index contributed by atoms with van der Waals surface area (Å²) in [7, 11) is 0. The molecule has 0 rings (SSSR count). The molecule has 0 heterocycles. The van der Waals surface area contributed by atoms with E-state index in [9.17, 15) is 34.2 Å². The largest absolute Gasteiger partial charge is 0.481 e. The van der Waals surface area contributed by atoms with Gasteiger partial charge in [0.15, 0.2) is 0 Å². The number of rotatable bonds is 13. The number of hydrogen-bond acceptors (Lipinski definition) is 9. The lowest BCUT2D eigenvalue weighted by molar-refractivity contribution is -0.143. The van der Waals surface area contributed by atoms with Crippen LogP contribution in [0.15, 0.2) is 0 Å². The number of carboxylic acid groups (broad SMARTS) is 2. The topological polar surface area (TPSA) is 249 Å². The van der Waals surface area contributed by atoms with Crippen molar-refractivity contribution in [1.29, 1.82) is 0 Å². The molecule has 0 aliphatic heterocycles. The molecule has 0 aromatic rings. The van der Waals surface area contributed by atoms with Gasteiger partial charge in [0.05, 0.1) is 19.3 Å². The molecule has 0 aliphatic carbocycles. The van der Waals surface area contributed by atoms with Crippen molar-refractivity contribution < 1.29 is 49.5 Å². The summed E-state index contributed by atoms with van der Waals surface area (Å²) in [5.74, 6) is -5.97. The predicted octanol–water partition coefficient (Wildman–Crippen LogP) is -4.92. The zero-order valence-electron chi connectivity index (χ0n) is 15.6. The highest BCUT2D eigenvalue weighted by molar-refractivity contribution is 5.94. The lowest BCUT2D eigenvalue weighted by Gasteiger charge is -2.24. The van der Waals surface area contributed by atoms with Crippen LogP contribution >= 0.6 is 0 Å². The monoisotopic (exact) mass is 422 g/mol. The Morgan fingerprint density at radius 3 is 1.69 bits per heavy atom. The molecule has 29 heavy (non-hydrogen) atoms. The molecule has 10 N–H and O–H groups in total. The fraction of sp³-hybridized carbons (Fsp3) is 0.667. The van der Waals surface area contributed by atoms with Gasteiger partial charge >= 0.3 is 11.9 Å². The molecular formula is C15H26N4O10. The lowest BCUT2D eigenvalue weighted by atomic mass is 10.1. The molecule has 5 atom stereocenters. The van der Waals surface area contributed by atoms with Crippen LogP contribution in [-0.4, -0.2) is 98.7 Å². The van der Waals surface area contributed by atoms with Gasteiger partial charge in [-0.3, -0.25) is 19.2 Å². The molecule has 0 aliphatic rings. The molecule has 14 nitrogen and oxygen atoms in total. The summed E-state index contributed by atoms with van der Waals surface area (Å²) in [4.78, 5) is 57.9. The van der Waals surface area contributed by atoms with E-state index in [1.165, 1.54) is 6.92 Å². The number of carbonyl (C=O) groups excluding carboxylic acids is 3. The maximum absolute atomic E-state index is 12.4. The van der Waals surface area contributed by atoms with E-state index >= 15 is 0 Å². The Labute approximate surface area is 165 Å². The maximum Gasteiger partial charge on any atom is 0.328 e. The van der Waals surface area contributed by atoms with Crippen LogP contribution in [0.2, 0.25) is 0 Å². The number of nitrogens with two attached hydrogens (primary N) is 1. The SMILES string of the molecule is CC(O)C(N)C(=O)NC(CCC(=O)O)C(=O)NC(CO)C(=O)NC(CO)C(=O)O. The first-order valence-electron chi connectivity index (χ1n) is 8.45. The highest BCUT2D eigenvalue weighted by atomic mass is 16.4. The highest BCUT2D eigenvalue weighted by Crippen LogP contribution is 2.01. The van der Waals surface area contributed by atoms with Crippen molar-refractivity contribution in [2.75, 3.05) is 13.2 Å². The number of carbonyl (C=O) groups is 5. The van der Waals surface area contributed by atoms with Crippen molar-refractivity contribution >= 4 is 29.7 Å². The fourth-order valence-electron chi connectivity index (χ4n) is 1.95. The Bertz CT molecular complexity index is 612. The van der Waals surface area contributed by atoms with Crippen molar-refractivity contribution in [2.45, 2.75) is 50.0 Å². The normalized spacial score (nSPS) is 15.9. The summed E-state index contributed by atoms with van der Waals surface area (Å²) >= 11 is 0. The first-order valence-corrected chi connectivity index (χ1v) is 8.45. The minimum atomic E-state index is -1.68. The van der Waals surface area contributed by atoms with Crippen molar-refractivity contribution in [3.05, 3.63) is 0 Å². The van der Waals surface area contributed by atoms with Gasteiger partial charge in [-0.05, 0) is 13.3 Å². The van der Waals surface area contributed by atoms with E-state index in [4.69, 9.17) is 21.1 Å². The smallest absolute Gasteiger partial charge is 0.328 e. The van der Waals surface area contributed by atoms with E-state index in [2.05, 4.69) is 5.32 Å². The van der Waals surface area contributed by atoms with Crippen LogP contribution in [0.3, 0.4) is 0 Å². The van der Waals surface area contributed by atoms with Crippen LogP contribution in [0.1, 0.15) is 19.8 Å². The molecule has 0 fully saturated rings. The summed E-state index contributed by atoms with van der Waals surface area (Å²) < 4.78 is 0. The quantitative estimate of drug-likeness (QED) is 0.136. The summed E-state index contributed by atoms with van der Waals surface area (Å²) in [5.41, 5.74) is 5.45. The Morgan fingerprint density at radius 2 is 1.28 bits per heavy atom. The Balaban J connectivity index is 5.23. The van der Waals surface area contributed by atoms with E-state index < -0.39 is 86.0 Å². The molecule has 0 radical (unpaired) electrons. The average Bonchev–Trinajstić information content (AvgIpc) is 2.65. The Morgan fingerprint density at radius 1 is 0.828 bits per heavy atom. The van der Waals surface area contributed by atoms with Crippen LogP contribution in [0.25, 0.3) is 0 Å². The number of aliphatic hydroxyl groups is 3. The van der Waals surface area contributed by atoms with Crippen molar-refractivity contribution in [3.63, 3.8) is 0 Å². The van der Waals surface area contributed by atoms with E-state index in [-0.39, 0.29) is 0 Å². The number of amides is 3. The van der Waals surface area contributed by atoms with Crippen LogP contribution in [0.5, 0.6) is 0 Å². The van der Waals surface area contributed by atoms with Crippen molar-refractivity contribution in [1.82, 2.24) is 16.0 Å². The van der Waals surface area contributed by atoms with Gasteiger partial charge in [-0.25, -0.2) is 4.79 Å². The van der Waals surface area contributed by atoms with Gasteiger partial charge in [-0.2, -0.15) is 0 Å². The molecule has 14 heteroatoms. The van der Waals surface area contributed by atoms with E-state index in [0.717, 1.165) is 0 Å². The van der Waals surface area contributed by atoms with Gasteiger partial charge in [0, 0.05) is 6.42 Å². The third-order valence-corrected chi connectivity index (χ3v) is 3.72. The second kappa shape index (κ2) is 12.6. The van der Waals surface area contributed by atoms with E-state index in [1.807, 2.05) is 10.6 Å². The molecule has 3 amide bonds. The fourth-order valence-corrected chi connectivity index (χ4v) is 1.95. The number of aliphatic carboxylic acids is 2. The van der Waals surface area contributed by atoms with E-state index in [1.54, 1.807) is 0 Å². The minimum Gasteiger partial charge on any atom is -0.481 e. The zero-order valence-corrected chi connectivity index (χ0v) is 15.6. The summed E-state index contributed by atoms with van der Waals surface area (Å²) in [6, 6.07) is -6.21. The van der Waals surface area contributed by atoms with Gasteiger partial charge in [-0.1, -0.05) is 0 Å². The Kier molecular flexibility index (Phi) is 11.4. The molecule has 0 saturated heterocycles. The average molecular weight is 422 g/mol. The standard InChI is InChI=1S/C15H26N4O10/c1-6(22)11(16)14(27)17-7(2-3-10(23)24)12(25)18-8(4-20)13(26)19-9(5-21)15(28)29/h6-9,11,20-22H,2-5,16H2,1H3,(H,17,27)(H,18,25)(H,19,26)(H,23,24)(H,28,29). The number of nitrogens with one attached hydrogen (secondary N) is 3. The van der Waals surface area contributed by atoms with Crippen molar-refractivity contribution in [2.24, 2.45) is 5.73 Å². The molecule has 0 spiro atoms. The number of aliphatic hydroxyl groups excluding tert-OH is 3. The summed E-state index contributed by atoms with van der Waals surface area (Å²) in [6.45, 7) is -0.674. The van der Waals surface area contributed by atoms with Crippen LogP contribution in [-0.2, 0) is 24.0 Å². The highest BCUT2D eigenvalue weighted by Gasteiger charge is 2.30. The number of hydrogen-bond donors (Lipinski definition) is 9. The van der Waals surface area contributed by atoms with Gasteiger partial charge in [0.2, 0.25) is 17.7 Å². The first-order chi connectivity index (χ1) is 13.4. The minimum absolute atomic E-state index is 0.395. The van der Waals surface area contributed by atoms with Gasteiger partial charge in [0.1, 0.15) is 24.2 Å². The first kappa shape index (κ1) is 26.2. The van der Waals surface area contributed by atoms with Crippen LogP contribution in [0.4, 0.5) is 0 Å². The number of carboxylic acids is 2. The molecule has 0 aromatic carbocycles. The second-order valence-corrected chi connectivity index (χ2v) is 6.09. The summed E-state index contributed by atoms with van der Waals surface area (Å²) in [6.07, 6.45) is -2.20. The second-order valence-electron chi connectivity index (χ2n) is 6.09. The predicted molar refractivity (Wildman–Crippen MR) is 94.1 cm³/mol. The third kappa shape index (κ3) is 9.29. The summed E-state index contributed by atoms with van der Waals surface area (Å²) in [5, 5.41) is 51.2. The Hall–Kier alpha value is -2.81. The molecule has 0 bridgehead atoms. The lowest BCUT2D eigenvalue weighted by Crippen LogP contribution is -2.59. The third-order valence-electron chi connectivity index (χ3n) is 3.72. The van der Waals surface area contributed by atoms with E-state index in [0.29, 0.717) is 0 Å². The van der Waals surface area contributed by atoms with Crippen molar-refractivity contribution in [3.8, 4) is 0 Å². The maximum atomic E-state index is 12.4. The molecule has 0 saturated carbocycles. The zero-order chi connectivity index (χ0) is 22.7.